The van der Waals surface area contributed by atoms with Crippen LogP contribution in [0.1, 0.15) is 17.5 Å². The Bertz CT molecular complexity index is 482. The third-order valence-electron chi connectivity index (χ3n) is 2.51. The van der Waals surface area contributed by atoms with Gasteiger partial charge in [-0.2, -0.15) is 13.2 Å². The molecule has 0 unspecified atom stereocenters. The summed E-state index contributed by atoms with van der Waals surface area (Å²) in [5, 5.41) is 8.52. The summed E-state index contributed by atoms with van der Waals surface area (Å²) in [5.41, 5.74) is -0.984. The first-order valence-electron chi connectivity index (χ1n) is 5.09. The SMILES string of the molecule is O=C(O)CCc1cc2c(cc1C(F)(F)F)OCO2. The van der Waals surface area contributed by atoms with E-state index >= 15 is 0 Å². The highest BCUT2D eigenvalue weighted by atomic mass is 19.4. The van der Waals surface area contributed by atoms with Crippen LogP contribution in [-0.2, 0) is 17.4 Å². The van der Waals surface area contributed by atoms with Crippen LogP contribution in [-0.4, -0.2) is 17.9 Å². The zero-order valence-corrected chi connectivity index (χ0v) is 9.08. The normalized spacial score (nSPS) is 13.7. The molecule has 7 heteroatoms. The van der Waals surface area contributed by atoms with E-state index in [2.05, 4.69) is 0 Å². The van der Waals surface area contributed by atoms with E-state index in [1.165, 1.54) is 6.07 Å². The lowest BCUT2D eigenvalue weighted by Crippen LogP contribution is -2.10. The molecule has 2 rings (SSSR count). The lowest BCUT2D eigenvalue weighted by atomic mass is 10.0. The number of benzene rings is 1. The van der Waals surface area contributed by atoms with Gasteiger partial charge in [0.25, 0.3) is 0 Å². The molecule has 98 valence electrons. The van der Waals surface area contributed by atoms with Crippen LogP contribution < -0.4 is 9.47 Å². The van der Waals surface area contributed by atoms with Gasteiger partial charge in [-0.15, -0.1) is 0 Å². The quantitative estimate of drug-likeness (QED) is 0.909. The van der Waals surface area contributed by atoms with Crippen molar-refractivity contribution in [3.8, 4) is 11.5 Å². The van der Waals surface area contributed by atoms with Gasteiger partial charge in [0.05, 0.1) is 5.56 Å². The van der Waals surface area contributed by atoms with Crippen LogP contribution in [0.2, 0.25) is 0 Å². The Morgan fingerprint density at radius 3 is 2.44 bits per heavy atom. The van der Waals surface area contributed by atoms with Crippen molar-refractivity contribution in [2.45, 2.75) is 19.0 Å². The fourth-order valence-corrected chi connectivity index (χ4v) is 1.70. The zero-order valence-electron chi connectivity index (χ0n) is 9.08. The number of alkyl halides is 3. The summed E-state index contributed by atoms with van der Waals surface area (Å²) in [6.07, 6.45) is -5.13. The number of carbonyl (C=O) groups is 1. The molecule has 0 atom stereocenters. The van der Waals surface area contributed by atoms with E-state index < -0.39 is 17.7 Å². The number of hydrogen-bond acceptors (Lipinski definition) is 3. The molecule has 0 aliphatic carbocycles. The van der Waals surface area contributed by atoms with Crippen LogP contribution in [0.25, 0.3) is 0 Å². The number of hydrogen-bond donors (Lipinski definition) is 1. The minimum Gasteiger partial charge on any atom is -0.481 e. The van der Waals surface area contributed by atoms with E-state index in [-0.39, 0.29) is 36.7 Å². The standard InChI is InChI=1S/C11H9F3O4/c12-11(13,14)7-4-9-8(17-5-18-9)3-6(7)1-2-10(15)16/h3-4H,1-2,5H2,(H,15,16). The van der Waals surface area contributed by atoms with Crippen LogP contribution in [0, 0.1) is 0 Å². The number of fused-ring (bicyclic) bond motifs is 1. The number of ether oxygens (including phenoxy) is 2. The van der Waals surface area contributed by atoms with Gasteiger partial charge in [0.2, 0.25) is 6.79 Å². The Hall–Kier alpha value is -1.92. The van der Waals surface area contributed by atoms with Crippen LogP contribution in [0.15, 0.2) is 12.1 Å². The fraction of sp³-hybridized carbons (Fsp3) is 0.364. The lowest BCUT2D eigenvalue weighted by Gasteiger charge is -2.13. The van der Waals surface area contributed by atoms with Crippen LogP contribution in [0.3, 0.4) is 0 Å². The molecule has 1 aromatic rings. The smallest absolute Gasteiger partial charge is 0.416 e. The molecule has 0 fully saturated rings. The molecule has 0 aromatic heterocycles. The molecule has 1 heterocycles. The van der Waals surface area contributed by atoms with Crippen molar-refractivity contribution in [2.75, 3.05) is 6.79 Å². The van der Waals surface area contributed by atoms with Gasteiger partial charge >= 0.3 is 12.1 Å². The van der Waals surface area contributed by atoms with Gasteiger partial charge in [0.15, 0.2) is 11.5 Å². The molecule has 18 heavy (non-hydrogen) atoms. The average molecular weight is 262 g/mol. The molecule has 0 bridgehead atoms. The summed E-state index contributed by atoms with van der Waals surface area (Å²) >= 11 is 0. The molecule has 0 amide bonds. The Balaban J connectivity index is 2.38. The van der Waals surface area contributed by atoms with Gasteiger partial charge in [-0.3, -0.25) is 4.79 Å². The van der Waals surface area contributed by atoms with E-state index in [0.29, 0.717) is 0 Å². The van der Waals surface area contributed by atoms with E-state index in [4.69, 9.17) is 14.6 Å². The van der Waals surface area contributed by atoms with Crippen molar-refractivity contribution in [1.82, 2.24) is 0 Å². The third-order valence-corrected chi connectivity index (χ3v) is 2.51. The van der Waals surface area contributed by atoms with E-state index in [0.717, 1.165) is 6.07 Å². The average Bonchev–Trinajstić information content (AvgIpc) is 2.70. The summed E-state index contributed by atoms with van der Waals surface area (Å²) in [6, 6.07) is 2.04. The first-order chi connectivity index (χ1) is 8.38. The largest absolute Gasteiger partial charge is 0.481 e. The second-order valence-corrected chi connectivity index (χ2v) is 3.75. The molecule has 0 radical (unpaired) electrons. The number of carboxylic acid groups (broad SMARTS) is 1. The summed E-state index contributed by atoms with van der Waals surface area (Å²) < 4.78 is 48.2. The molecule has 1 aliphatic heterocycles. The van der Waals surface area contributed by atoms with Crippen LogP contribution in [0.4, 0.5) is 13.2 Å². The van der Waals surface area contributed by atoms with E-state index in [1.54, 1.807) is 0 Å². The maximum Gasteiger partial charge on any atom is 0.416 e. The molecular formula is C11H9F3O4. The molecule has 1 aromatic carbocycles. The highest BCUT2D eigenvalue weighted by Gasteiger charge is 2.35. The zero-order chi connectivity index (χ0) is 13.3. The summed E-state index contributed by atoms with van der Waals surface area (Å²) in [5.74, 6) is -0.911. The van der Waals surface area contributed by atoms with Crippen molar-refractivity contribution in [3.63, 3.8) is 0 Å². The fourth-order valence-electron chi connectivity index (χ4n) is 1.70. The van der Waals surface area contributed by atoms with Crippen molar-refractivity contribution in [3.05, 3.63) is 23.3 Å². The van der Waals surface area contributed by atoms with Gasteiger partial charge in [-0.05, 0) is 24.1 Å². The Morgan fingerprint density at radius 1 is 1.28 bits per heavy atom. The molecule has 1 N–H and O–H groups in total. The van der Waals surface area contributed by atoms with Crippen molar-refractivity contribution in [1.29, 1.82) is 0 Å². The number of rotatable bonds is 3. The van der Waals surface area contributed by atoms with Gasteiger partial charge in [-0.25, -0.2) is 0 Å². The van der Waals surface area contributed by atoms with Crippen molar-refractivity contribution < 1.29 is 32.5 Å². The number of aliphatic carboxylic acids is 1. The number of halogens is 3. The minimum absolute atomic E-state index is 0.0291. The summed E-state index contributed by atoms with van der Waals surface area (Å²) in [7, 11) is 0. The van der Waals surface area contributed by atoms with Gasteiger partial charge in [-0.1, -0.05) is 0 Å². The highest BCUT2D eigenvalue weighted by Crippen LogP contribution is 2.41. The molecule has 4 nitrogen and oxygen atoms in total. The Morgan fingerprint density at radius 2 is 1.89 bits per heavy atom. The topological polar surface area (TPSA) is 55.8 Å². The molecule has 0 spiro atoms. The monoisotopic (exact) mass is 262 g/mol. The molecular weight excluding hydrogens is 253 g/mol. The van der Waals surface area contributed by atoms with Crippen LogP contribution >= 0.6 is 0 Å². The Labute approximate surface area is 99.9 Å². The maximum atomic E-state index is 12.8. The second kappa shape index (κ2) is 4.40. The summed E-state index contributed by atoms with van der Waals surface area (Å²) in [6.45, 7) is -0.130. The molecule has 0 saturated carbocycles. The first-order valence-corrected chi connectivity index (χ1v) is 5.09. The van der Waals surface area contributed by atoms with Crippen LogP contribution in [0.5, 0.6) is 11.5 Å². The van der Waals surface area contributed by atoms with Gasteiger partial charge in [0.1, 0.15) is 0 Å². The highest BCUT2D eigenvalue weighted by molar-refractivity contribution is 5.67. The number of carboxylic acids is 1. The molecule has 1 aliphatic rings. The van der Waals surface area contributed by atoms with Crippen molar-refractivity contribution in [2.24, 2.45) is 0 Å². The minimum atomic E-state index is -4.55. The van der Waals surface area contributed by atoms with E-state index in [1.807, 2.05) is 0 Å². The first kappa shape index (κ1) is 12.5. The van der Waals surface area contributed by atoms with Gasteiger partial charge < -0.3 is 14.6 Å². The maximum absolute atomic E-state index is 12.8. The summed E-state index contributed by atoms with van der Waals surface area (Å²) in [4.78, 5) is 10.4. The second-order valence-electron chi connectivity index (χ2n) is 3.75. The Kier molecular flexibility index (Phi) is 3.06. The predicted octanol–water partition coefficient (Wildman–Crippen LogP) is 2.45. The van der Waals surface area contributed by atoms with Crippen molar-refractivity contribution >= 4 is 5.97 Å². The third kappa shape index (κ3) is 2.49. The predicted molar refractivity (Wildman–Crippen MR) is 53.5 cm³/mol. The lowest BCUT2D eigenvalue weighted by molar-refractivity contribution is -0.140. The van der Waals surface area contributed by atoms with E-state index in [9.17, 15) is 18.0 Å². The van der Waals surface area contributed by atoms with Gasteiger partial charge in [0, 0.05) is 6.42 Å². The molecule has 0 saturated heterocycles. The number of aryl methyl sites for hydroxylation is 1.